The minimum absolute atomic E-state index is 0.182. The fraction of sp³-hybridized carbons (Fsp3) is 0.462. The third-order valence-corrected chi connectivity index (χ3v) is 2.44. The van der Waals surface area contributed by atoms with Crippen LogP contribution in [0.25, 0.3) is 0 Å². The number of aromatic nitrogens is 1. The molecule has 0 aliphatic heterocycles. The summed E-state index contributed by atoms with van der Waals surface area (Å²) in [4.78, 5) is 26.7. The van der Waals surface area contributed by atoms with E-state index in [-0.39, 0.29) is 5.92 Å². The van der Waals surface area contributed by atoms with E-state index in [0.717, 1.165) is 5.56 Å². The number of anilines is 1. The Labute approximate surface area is 112 Å². The number of carboxylic acids is 1. The summed E-state index contributed by atoms with van der Waals surface area (Å²) in [5.41, 5.74) is 1.45. The second-order valence-corrected chi connectivity index (χ2v) is 4.87. The molecule has 2 amide bonds. The Balaban J connectivity index is 2.60. The highest BCUT2D eigenvalue weighted by molar-refractivity contribution is 5.92. The molecule has 1 aromatic heterocycles. The summed E-state index contributed by atoms with van der Waals surface area (Å²) in [5, 5.41) is 14.0. The number of carboxylic acid groups (broad SMARTS) is 1. The molecular weight excluding hydrogens is 246 g/mol. The molecule has 0 spiro atoms. The lowest BCUT2D eigenvalue weighted by Crippen LogP contribution is -2.43. The monoisotopic (exact) mass is 265 g/mol. The average molecular weight is 265 g/mol. The van der Waals surface area contributed by atoms with Gasteiger partial charge >= 0.3 is 12.0 Å². The normalized spacial score (nSPS) is 12.0. The van der Waals surface area contributed by atoms with Crippen molar-refractivity contribution in [2.45, 2.75) is 33.2 Å². The number of hydrogen-bond acceptors (Lipinski definition) is 3. The molecule has 104 valence electrons. The Bertz CT molecular complexity index is 460. The van der Waals surface area contributed by atoms with Crippen LogP contribution in [-0.2, 0) is 4.79 Å². The molecule has 0 aliphatic rings. The summed E-state index contributed by atoms with van der Waals surface area (Å²) >= 11 is 0. The molecule has 0 aliphatic carbocycles. The molecule has 1 aromatic rings. The zero-order chi connectivity index (χ0) is 14.4. The van der Waals surface area contributed by atoms with Gasteiger partial charge in [0.15, 0.2) is 0 Å². The topological polar surface area (TPSA) is 91.3 Å². The van der Waals surface area contributed by atoms with Gasteiger partial charge in [-0.3, -0.25) is 4.98 Å². The van der Waals surface area contributed by atoms with Gasteiger partial charge in [0.2, 0.25) is 0 Å². The Morgan fingerprint density at radius 2 is 2.05 bits per heavy atom. The van der Waals surface area contributed by atoms with Crippen molar-refractivity contribution in [3.05, 3.63) is 24.0 Å². The van der Waals surface area contributed by atoms with Crippen molar-refractivity contribution < 1.29 is 14.7 Å². The number of aliphatic carboxylic acids is 1. The summed E-state index contributed by atoms with van der Waals surface area (Å²) in [6.45, 7) is 5.66. The molecule has 0 saturated heterocycles. The van der Waals surface area contributed by atoms with E-state index >= 15 is 0 Å². The second-order valence-electron chi connectivity index (χ2n) is 4.87. The summed E-state index contributed by atoms with van der Waals surface area (Å²) in [6, 6.07) is 0.323. The van der Waals surface area contributed by atoms with E-state index < -0.39 is 18.0 Å². The summed E-state index contributed by atoms with van der Waals surface area (Å²) in [5.74, 6) is -0.853. The SMILES string of the molecule is Cc1cncc(NC(=O)NC(CC(C)C)C(=O)O)c1. The quantitative estimate of drug-likeness (QED) is 0.759. The predicted molar refractivity (Wildman–Crippen MR) is 72.0 cm³/mol. The molecular formula is C13H19N3O3. The molecule has 0 aromatic carbocycles. The van der Waals surface area contributed by atoms with Crippen LogP contribution in [0.2, 0.25) is 0 Å². The molecule has 0 saturated carbocycles. The fourth-order valence-corrected chi connectivity index (χ4v) is 1.64. The van der Waals surface area contributed by atoms with Gasteiger partial charge in [-0.25, -0.2) is 9.59 Å². The zero-order valence-electron chi connectivity index (χ0n) is 11.3. The van der Waals surface area contributed by atoms with E-state index in [0.29, 0.717) is 12.1 Å². The van der Waals surface area contributed by atoms with Gasteiger partial charge in [-0.05, 0) is 30.9 Å². The molecule has 3 N–H and O–H groups in total. The molecule has 1 atom stereocenters. The minimum atomic E-state index is -1.04. The highest BCUT2D eigenvalue weighted by atomic mass is 16.4. The van der Waals surface area contributed by atoms with E-state index in [1.807, 2.05) is 20.8 Å². The van der Waals surface area contributed by atoms with Gasteiger partial charge in [0, 0.05) is 6.20 Å². The number of hydrogen-bond donors (Lipinski definition) is 3. The van der Waals surface area contributed by atoms with Gasteiger partial charge in [-0.15, -0.1) is 0 Å². The summed E-state index contributed by atoms with van der Waals surface area (Å²) < 4.78 is 0. The van der Waals surface area contributed by atoms with Crippen LogP contribution in [-0.4, -0.2) is 28.1 Å². The maximum absolute atomic E-state index is 11.7. The fourth-order valence-electron chi connectivity index (χ4n) is 1.64. The Hall–Kier alpha value is -2.11. The summed E-state index contributed by atoms with van der Waals surface area (Å²) in [7, 11) is 0. The lowest BCUT2D eigenvalue weighted by Gasteiger charge is -2.16. The molecule has 1 rings (SSSR count). The highest BCUT2D eigenvalue weighted by Crippen LogP contribution is 2.08. The first kappa shape index (κ1) is 14.9. The van der Waals surface area contributed by atoms with Crippen molar-refractivity contribution in [3.63, 3.8) is 0 Å². The number of aryl methyl sites for hydroxylation is 1. The van der Waals surface area contributed by atoms with Crippen molar-refractivity contribution in [3.8, 4) is 0 Å². The first-order valence-electron chi connectivity index (χ1n) is 6.10. The maximum Gasteiger partial charge on any atom is 0.326 e. The number of nitrogens with one attached hydrogen (secondary N) is 2. The zero-order valence-corrected chi connectivity index (χ0v) is 11.3. The Morgan fingerprint density at radius 3 is 2.58 bits per heavy atom. The number of rotatable bonds is 5. The molecule has 0 fully saturated rings. The largest absolute Gasteiger partial charge is 0.480 e. The number of carbonyl (C=O) groups excluding carboxylic acids is 1. The Morgan fingerprint density at radius 1 is 1.37 bits per heavy atom. The van der Waals surface area contributed by atoms with Crippen LogP contribution in [0, 0.1) is 12.8 Å². The molecule has 0 radical (unpaired) electrons. The lowest BCUT2D eigenvalue weighted by molar-refractivity contribution is -0.139. The number of urea groups is 1. The maximum atomic E-state index is 11.7. The third-order valence-electron chi connectivity index (χ3n) is 2.44. The lowest BCUT2D eigenvalue weighted by atomic mass is 10.0. The molecule has 1 heterocycles. The van der Waals surface area contributed by atoms with Gasteiger partial charge in [-0.2, -0.15) is 0 Å². The average Bonchev–Trinajstić information content (AvgIpc) is 2.27. The first-order chi connectivity index (χ1) is 8.88. The second kappa shape index (κ2) is 6.72. The van der Waals surface area contributed by atoms with Crippen molar-refractivity contribution >= 4 is 17.7 Å². The van der Waals surface area contributed by atoms with E-state index in [1.165, 1.54) is 6.20 Å². The number of pyridine rings is 1. The standard InChI is InChI=1S/C13H19N3O3/c1-8(2)4-11(12(17)18)16-13(19)15-10-5-9(3)6-14-7-10/h5-8,11H,4H2,1-3H3,(H,17,18)(H2,15,16,19). The highest BCUT2D eigenvalue weighted by Gasteiger charge is 2.20. The third kappa shape index (κ3) is 5.37. The van der Waals surface area contributed by atoms with Crippen molar-refractivity contribution in [2.24, 2.45) is 5.92 Å². The van der Waals surface area contributed by atoms with Crippen molar-refractivity contribution in [2.75, 3.05) is 5.32 Å². The van der Waals surface area contributed by atoms with Crippen LogP contribution in [0.1, 0.15) is 25.8 Å². The van der Waals surface area contributed by atoms with Crippen molar-refractivity contribution in [1.82, 2.24) is 10.3 Å². The van der Waals surface area contributed by atoms with Gasteiger partial charge < -0.3 is 15.7 Å². The van der Waals surface area contributed by atoms with Gasteiger partial charge in [0.25, 0.3) is 0 Å². The summed E-state index contributed by atoms with van der Waals surface area (Å²) in [6.07, 6.45) is 3.56. The van der Waals surface area contributed by atoms with Gasteiger partial charge in [0.05, 0.1) is 11.9 Å². The number of amides is 2. The smallest absolute Gasteiger partial charge is 0.326 e. The molecule has 0 bridgehead atoms. The van der Waals surface area contributed by atoms with Crippen molar-refractivity contribution in [1.29, 1.82) is 0 Å². The van der Waals surface area contributed by atoms with Crippen LogP contribution in [0.4, 0.5) is 10.5 Å². The molecule has 19 heavy (non-hydrogen) atoms. The van der Waals surface area contributed by atoms with Crippen LogP contribution < -0.4 is 10.6 Å². The van der Waals surface area contributed by atoms with Crippen LogP contribution in [0.5, 0.6) is 0 Å². The molecule has 6 heteroatoms. The van der Waals surface area contributed by atoms with Crippen LogP contribution in [0.15, 0.2) is 18.5 Å². The molecule has 1 unspecified atom stereocenters. The van der Waals surface area contributed by atoms with Gasteiger partial charge in [-0.1, -0.05) is 13.8 Å². The van der Waals surface area contributed by atoms with Crippen LogP contribution in [0.3, 0.4) is 0 Å². The van der Waals surface area contributed by atoms with E-state index in [2.05, 4.69) is 15.6 Å². The minimum Gasteiger partial charge on any atom is -0.480 e. The van der Waals surface area contributed by atoms with E-state index in [1.54, 1.807) is 12.3 Å². The number of carbonyl (C=O) groups is 2. The van der Waals surface area contributed by atoms with E-state index in [4.69, 9.17) is 5.11 Å². The number of nitrogens with zero attached hydrogens (tertiary/aromatic N) is 1. The van der Waals surface area contributed by atoms with Crippen LogP contribution >= 0.6 is 0 Å². The molecule has 6 nitrogen and oxygen atoms in total. The first-order valence-corrected chi connectivity index (χ1v) is 6.10. The van der Waals surface area contributed by atoms with Gasteiger partial charge in [0.1, 0.15) is 6.04 Å². The predicted octanol–water partition coefficient (Wildman–Crippen LogP) is 2.01. The Kier molecular flexibility index (Phi) is 5.29. The van der Waals surface area contributed by atoms with E-state index in [9.17, 15) is 9.59 Å².